The summed E-state index contributed by atoms with van der Waals surface area (Å²) in [4.78, 5) is 13.7. The number of aromatic nitrogens is 1. The van der Waals surface area contributed by atoms with Crippen molar-refractivity contribution in [1.82, 2.24) is 9.47 Å². The van der Waals surface area contributed by atoms with Gasteiger partial charge in [-0.25, -0.2) is 8.78 Å². The van der Waals surface area contributed by atoms with E-state index in [-0.39, 0.29) is 11.6 Å². The highest BCUT2D eigenvalue weighted by Gasteiger charge is 2.26. The van der Waals surface area contributed by atoms with Crippen LogP contribution >= 0.6 is 0 Å². The van der Waals surface area contributed by atoms with Crippen LogP contribution in [0.25, 0.3) is 10.9 Å². The molecule has 1 fully saturated rings. The molecule has 3 aromatic rings. The highest BCUT2D eigenvalue weighted by atomic mass is 19.1. The van der Waals surface area contributed by atoms with Gasteiger partial charge in [-0.3, -0.25) is 4.79 Å². The Hall–Kier alpha value is -2.53. The van der Waals surface area contributed by atoms with E-state index in [1.54, 1.807) is 26.8 Å². The van der Waals surface area contributed by atoms with E-state index in [9.17, 15) is 13.6 Å². The Morgan fingerprint density at radius 1 is 1.09 bits per heavy atom. The summed E-state index contributed by atoms with van der Waals surface area (Å²) < 4.78 is 31.0. The number of likely N-dealkylation sites (tertiary alicyclic amines) is 1. The molecule has 1 aliphatic heterocycles. The first-order valence-corrected chi connectivity index (χ1v) is 11.5. The number of carbonyl (C=O) groups excluding carboxylic acids is 1. The number of alkyl halides is 1. The Kier molecular flexibility index (Phi) is 6.47. The molecule has 0 spiro atoms. The molecule has 170 valence electrons. The third-order valence-corrected chi connectivity index (χ3v) is 6.45. The van der Waals surface area contributed by atoms with E-state index >= 15 is 0 Å². The lowest BCUT2D eigenvalue weighted by atomic mass is 9.95. The van der Waals surface area contributed by atoms with Crippen molar-refractivity contribution in [1.29, 1.82) is 0 Å². The van der Waals surface area contributed by atoms with Gasteiger partial charge < -0.3 is 9.47 Å². The number of fused-ring (bicyclic) bond motifs is 1. The first-order valence-electron chi connectivity index (χ1n) is 11.5. The van der Waals surface area contributed by atoms with Crippen LogP contribution in [0.2, 0.25) is 0 Å². The van der Waals surface area contributed by atoms with Gasteiger partial charge in [-0.1, -0.05) is 30.3 Å². The normalized spacial score (nSPS) is 16.0. The molecule has 0 N–H and O–H groups in total. The van der Waals surface area contributed by atoms with Gasteiger partial charge in [-0.05, 0) is 82.3 Å². The van der Waals surface area contributed by atoms with E-state index in [1.165, 1.54) is 6.07 Å². The van der Waals surface area contributed by atoms with Gasteiger partial charge in [0.15, 0.2) is 5.78 Å². The van der Waals surface area contributed by atoms with Crippen LogP contribution in [-0.2, 0) is 13.0 Å². The molecule has 0 bridgehead atoms. The van der Waals surface area contributed by atoms with Crippen LogP contribution < -0.4 is 0 Å². The van der Waals surface area contributed by atoms with E-state index < -0.39 is 5.67 Å². The smallest absolute Gasteiger partial charge is 0.159 e. The molecule has 0 aliphatic carbocycles. The second-order valence-corrected chi connectivity index (χ2v) is 9.81. The van der Waals surface area contributed by atoms with Gasteiger partial charge in [0, 0.05) is 30.2 Å². The fourth-order valence-corrected chi connectivity index (χ4v) is 4.89. The van der Waals surface area contributed by atoms with Crippen LogP contribution in [0.5, 0.6) is 0 Å². The predicted octanol–water partition coefficient (Wildman–Crippen LogP) is 6.03. The fourth-order valence-electron chi connectivity index (χ4n) is 4.89. The van der Waals surface area contributed by atoms with E-state index in [0.717, 1.165) is 49.1 Å². The average molecular weight is 439 g/mol. The molecule has 1 aliphatic rings. The van der Waals surface area contributed by atoms with Crippen LogP contribution in [0.3, 0.4) is 0 Å². The Morgan fingerprint density at radius 2 is 1.78 bits per heavy atom. The first kappa shape index (κ1) is 22.7. The monoisotopic (exact) mass is 438 g/mol. The Morgan fingerprint density at radius 3 is 2.41 bits per heavy atom. The summed E-state index contributed by atoms with van der Waals surface area (Å²) in [5, 5.41) is 0.680. The summed E-state index contributed by atoms with van der Waals surface area (Å²) in [5.41, 5.74) is 2.46. The number of rotatable bonds is 7. The third kappa shape index (κ3) is 5.26. The zero-order valence-corrected chi connectivity index (χ0v) is 19.2. The molecule has 0 atom stereocenters. The van der Waals surface area contributed by atoms with Crippen molar-refractivity contribution in [3.8, 4) is 0 Å². The zero-order chi connectivity index (χ0) is 22.9. The van der Waals surface area contributed by atoms with Crippen molar-refractivity contribution in [2.45, 2.75) is 52.2 Å². The number of hydrogen-bond donors (Lipinski definition) is 0. The molecule has 0 radical (unpaired) electrons. The highest BCUT2D eigenvalue weighted by molar-refractivity contribution is 5.94. The Labute approximate surface area is 189 Å². The van der Waals surface area contributed by atoms with E-state index in [0.29, 0.717) is 29.8 Å². The molecule has 5 heteroatoms. The van der Waals surface area contributed by atoms with Gasteiger partial charge >= 0.3 is 0 Å². The van der Waals surface area contributed by atoms with Gasteiger partial charge in [-0.2, -0.15) is 0 Å². The lowest BCUT2D eigenvalue weighted by Crippen LogP contribution is -2.41. The topological polar surface area (TPSA) is 25.2 Å². The zero-order valence-electron chi connectivity index (χ0n) is 19.2. The average Bonchev–Trinajstić information content (AvgIpc) is 3.07. The molecule has 3 nitrogen and oxygen atoms in total. The van der Waals surface area contributed by atoms with Crippen molar-refractivity contribution in [3.05, 3.63) is 71.2 Å². The molecule has 0 unspecified atom stereocenters. The molecule has 1 aromatic heterocycles. The molecule has 2 aromatic carbocycles. The molecule has 0 saturated carbocycles. The van der Waals surface area contributed by atoms with Crippen molar-refractivity contribution < 1.29 is 13.6 Å². The van der Waals surface area contributed by atoms with Gasteiger partial charge in [-0.15, -0.1) is 0 Å². The number of ketones is 1. The van der Waals surface area contributed by atoms with Crippen LogP contribution in [0.15, 0.2) is 48.7 Å². The summed E-state index contributed by atoms with van der Waals surface area (Å²) in [6, 6.07) is 12.8. The summed E-state index contributed by atoms with van der Waals surface area (Å²) in [6.45, 7) is 7.95. The van der Waals surface area contributed by atoms with E-state index in [4.69, 9.17) is 0 Å². The standard InChI is InChI=1S/C27H32F2N2O/c1-19(32)22-9-7-20(8-10-22)15-23-17-31(25-6-4-5-24(28)26(23)25)16-21-11-13-30(14-12-21)18-27(2,3)29/h4-10,17,21H,11-16,18H2,1-3H3. The second kappa shape index (κ2) is 9.14. The summed E-state index contributed by atoms with van der Waals surface area (Å²) in [7, 11) is 0. The SMILES string of the molecule is CC(=O)c1ccc(Cc2cn(CC3CCN(CC(C)(C)F)CC3)c3cccc(F)c23)cc1. The summed E-state index contributed by atoms with van der Waals surface area (Å²) in [6.07, 6.45) is 4.75. The molecule has 2 heterocycles. The van der Waals surface area contributed by atoms with Gasteiger partial charge in [0.05, 0.1) is 5.52 Å². The Balaban J connectivity index is 1.52. The molecular weight excluding hydrogens is 406 g/mol. The maximum atomic E-state index is 14.8. The quantitative estimate of drug-likeness (QED) is 0.421. The number of halogens is 2. The van der Waals surface area contributed by atoms with Crippen molar-refractivity contribution in [2.75, 3.05) is 19.6 Å². The van der Waals surface area contributed by atoms with Gasteiger partial charge in [0.25, 0.3) is 0 Å². The minimum atomic E-state index is -1.17. The fraction of sp³-hybridized carbons (Fsp3) is 0.444. The van der Waals surface area contributed by atoms with E-state index in [1.807, 2.05) is 30.3 Å². The number of hydrogen-bond acceptors (Lipinski definition) is 2. The lowest BCUT2D eigenvalue weighted by molar-refractivity contribution is 0.0928. The molecule has 32 heavy (non-hydrogen) atoms. The van der Waals surface area contributed by atoms with Crippen LogP contribution in [-0.4, -0.2) is 40.6 Å². The summed E-state index contributed by atoms with van der Waals surface area (Å²) >= 11 is 0. The van der Waals surface area contributed by atoms with Crippen LogP contribution in [0.4, 0.5) is 8.78 Å². The van der Waals surface area contributed by atoms with E-state index in [2.05, 4.69) is 15.7 Å². The summed E-state index contributed by atoms with van der Waals surface area (Å²) in [5.74, 6) is 0.340. The minimum absolute atomic E-state index is 0.0420. The van der Waals surface area contributed by atoms with Crippen molar-refractivity contribution >= 4 is 16.7 Å². The molecule has 4 rings (SSSR count). The maximum absolute atomic E-state index is 14.8. The van der Waals surface area contributed by atoms with Gasteiger partial charge in [0.1, 0.15) is 11.5 Å². The maximum Gasteiger partial charge on any atom is 0.159 e. The Bertz CT molecular complexity index is 1090. The predicted molar refractivity (Wildman–Crippen MR) is 125 cm³/mol. The highest BCUT2D eigenvalue weighted by Crippen LogP contribution is 2.29. The molecule has 1 saturated heterocycles. The number of carbonyl (C=O) groups is 1. The van der Waals surface area contributed by atoms with Crippen molar-refractivity contribution in [2.24, 2.45) is 5.92 Å². The largest absolute Gasteiger partial charge is 0.347 e. The number of Topliss-reactive ketones (excluding diaryl/α,β-unsaturated/α-hetero) is 1. The molecular formula is C27H32F2N2O. The number of piperidine rings is 1. The minimum Gasteiger partial charge on any atom is -0.347 e. The second-order valence-electron chi connectivity index (χ2n) is 9.81. The molecule has 0 amide bonds. The third-order valence-electron chi connectivity index (χ3n) is 6.45. The number of benzene rings is 2. The van der Waals surface area contributed by atoms with Gasteiger partial charge in [0.2, 0.25) is 0 Å². The first-order chi connectivity index (χ1) is 15.2. The van der Waals surface area contributed by atoms with Crippen LogP contribution in [0, 0.1) is 11.7 Å². The van der Waals surface area contributed by atoms with Crippen molar-refractivity contribution in [3.63, 3.8) is 0 Å². The lowest BCUT2D eigenvalue weighted by Gasteiger charge is -2.34. The van der Waals surface area contributed by atoms with Crippen LogP contribution in [0.1, 0.15) is 55.1 Å². The number of nitrogens with zero attached hydrogens (tertiary/aromatic N) is 2.